The van der Waals surface area contributed by atoms with Crippen LogP contribution in [-0.4, -0.2) is 31.1 Å². The normalized spacial score (nSPS) is 13.3. The Morgan fingerprint density at radius 3 is 1.74 bits per heavy atom. The van der Waals surface area contributed by atoms with E-state index in [0.29, 0.717) is 12.8 Å². The fourth-order valence-corrected chi connectivity index (χ4v) is 2.12. The molecule has 0 heterocycles. The summed E-state index contributed by atoms with van der Waals surface area (Å²) in [6.07, 6.45) is 2.43. The van der Waals surface area contributed by atoms with Crippen molar-refractivity contribution in [3.05, 3.63) is 0 Å². The average Bonchev–Trinajstić information content (AvgIpc) is 2.51. The number of ether oxygens (including phenoxy) is 1. The van der Waals surface area contributed by atoms with Gasteiger partial charge in [-0.05, 0) is 6.42 Å². The smallest absolute Gasteiger partial charge is 0.380 e. The lowest BCUT2D eigenvalue weighted by atomic mass is 10.1. The van der Waals surface area contributed by atoms with Crippen molar-refractivity contribution < 1.29 is 31.5 Å². The summed E-state index contributed by atoms with van der Waals surface area (Å²) in [4.78, 5) is 10.9. The molecule has 0 aliphatic heterocycles. The third-order valence-corrected chi connectivity index (χ3v) is 3.57. The lowest BCUT2D eigenvalue weighted by Crippen LogP contribution is -2.44. The maximum atomic E-state index is 12.9. The summed E-state index contributed by atoms with van der Waals surface area (Å²) in [5.74, 6) is -7.02. The molecule has 0 rings (SSSR count). The van der Waals surface area contributed by atoms with E-state index in [4.69, 9.17) is 0 Å². The first-order valence-electron chi connectivity index (χ1n) is 8.31. The molecule has 0 aliphatic rings. The summed E-state index contributed by atoms with van der Waals surface area (Å²) in [6, 6.07) is 0. The maximum Gasteiger partial charge on any atom is 0.380 e. The number of halogens is 5. The van der Waals surface area contributed by atoms with Crippen molar-refractivity contribution in [1.29, 1.82) is 0 Å². The summed E-state index contributed by atoms with van der Waals surface area (Å²) >= 11 is 0. The summed E-state index contributed by atoms with van der Waals surface area (Å²) < 4.78 is 66.4. The third-order valence-electron chi connectivity index (χ3n) is 3.57. The van der Waals surface area contributed by atoms with Crippen molar-refractivity contribution >= 4 is 5.97 Å². The molecule has 7 heteroatoms. The predicted molar refractivity (Wildman–Crippen MR) is 78.7 cm³/mol. The van der Waals surface area contributed by atoms with Crippen LogP contribution in [0.5, 0.6) is 0 Å². The van der Waals surface area contributed by atoms with Crippen LogP contribution in [-0.2, 0) is 9.53 Å². The lowest BCUT2D eigenvalue weighted by Gasteiger charge is -2.18. The maximum absolute atomic E-state index is 12.9. The quantitative estimate of drug-likeness (QED) is 0.229. The molecule has 0 N–H and O–H groups in total. The van der Waals surface area contributed by atoms with Gasteiger partial charge < -0.3 is 4.74 Å². The van der Waals surface area contributed by atoms with Crippen LogP contribution in [0.1, 0.15) is 71.1 Å². The molecule has 0 fully saturated rings. The first kappa shape index (κ1) is 22.1. The zero-order valence-corrected chi connectivity index (χ0v) is 13.6. The van der Waals surface area contributed by atoms with E-state index in [1.165, 1.54) is 32.1 Å². The molecular formula is C16H27F5O2. The van der Waals surface area contributed by atoms with E-state index in [9.17, 15) is 26.7 Å². The van der Waals surface area contributed by atoms with Crippen LogP contribution < -0.4 is 0 Å². The van der Waals surface area contributed by atoms with Crippen LogP contribution >= 0.6 is 0 Å². The minimum atomic E-state index is -4.80. The standard InChI is InChI=1S/C16H27F5O2/c1-2-3-4-5-6-7-8-9-10-11-12-23-15(22)16(20,21)13(17)14(18)19/h13-14H,2-12H2,1H3. The van der Waals surface area contributed by atoms with Gasteiger partial charge in [0.15, 0.2) is 0 Å². The van der Waals surface area contributed by atoms with Gasteiger partial charge >= 0.3 is 11.9 Å². The Morgan fingerprint density at radius 2 is 1.30 bits per heavy atom. The molecule has 0 aliphatic carbocycles. The summed E-state index contributed by atoms with van der Waals surface area (Å²) in [6.45, 7) is 1.85. The van der Waals surface area contributed by atoms with Gasteiger partial charge in [-0.1, -0.05) is 64.7 Å². The molecule has 23 heavy (non-hydrogen) atoms. The molecule has 2 nitrogen and oxygen atoms in total. The summed E-state index contributed by atoms with van der Waals surface area (Å²) in [5.41, 5.74) is 0. The number of carbonyl (C=O) groups is 1. The van der Waals surface area contributed by atoms with Gasteiger partial charge in [-0.15, -0.1) is 0 Å². The van der Waals surface area contributed by atoms with E-state index >= 15 is 0 Å². The number of unbranched alkanes of at least 4 members (excludes halogenated alkanes) is 9. The largest absolute Gasteiger partial charge is 0.461 e. The van der Waals surface area contributed by atoms with E-state index in [2.05, 4.69) is 11.7 Å². The minimum absolute atomic E-state index is 0.305. The molecule has 0 spiro atoms. The first-order chi connectivity index (χ1) is 10.8. The molecule has 138 valence electrons. The second-order valence-corrected chi connectivity index (χ2v) is 5.68. The molecule has 0 radical (unpaired) electrons. The molecule has 0 amide bonds. The van der Waals surface area contributed by atoms with E-state index < -0.39 is 24.5 Å². The van der Waals surface area contributed by atoms with Crippen molar-refractivity contribution in [2.45, 2.75) is 89.7 Å². The fraction of sp³-hybridized carbons (Fsp3) is 0.938. The topological polar surface area (TPSA) is 26.3 Å². The molecule has 0 saturated carbocycles. The average molecular weight is 346 g/mol. The van der Waals surface area contributed by atoms with Gasteiger partial charge in [0.2, 0.25) is 6.17 Å². The van der Waals surface area contributed by atoms with Crippen LogP contribution in [0, 0.1) is 0 Å². The second-order valence-electron chi connectivity index (χ2n) is 5.68. The van der Waals surface area contributed by atoms with E-state index in [0.717, 1.165) is 19.3 Å². The van der Waals surface area contributed by atoms with Gasteiger partial charge in [-0.3, -0.25) is 0 Å². The van der Waals surface area contributed by atoms with Crippen molar-refractivity contribution in [2.75, 3.05) is 6.61 Å². The monoisotopic (exact) mass is 346 g/mol. The van der Waals surface area contributed by atoms with Crippen molar-refractivity contribution in [3.63, 3.8) is 0 Å². The molecule has 1 atom stereocenters. The molecular weight excluding hydrogens is 319 g/mol. The van der Waals surface area contributed by atoms with Gasteiger partial charge in [-0.25, -0.2) is 18.0 Å². The number of hydrogen-bond donors (Lipinski definition) is 0. The Kier molecular flexibility index (Phi) is 12.1. The highest BCUT2D eigenvalue weighted by Gasteiger charge is 2.54. The fourth-order valence-electron chi connectivity index (χ4n) is 2.12. The minimum Gasteiger partial charge on any atom is -0.461 e. The lowest BCUT2D eigenvalue weighted by molar-refractivity contribution is -0.192. The Balaban J connectivity index is 3.59. The van der Waals surface area contributed by atoms with Gasteiger partial charge in [0.1, 0.15) is 0 Å². The Labute approximate surface area is 134 Å². The highest BCUT2D eigenvalue weighted by atomic mass is 19.3. The molecule has 1 unspecified atom stereocenters. The van der Waals surface area contributed by atoms with Crippen LogP contribution in [0.15, 0.2) is 0 Å². The number of carbonyl (C=O) groups excluding carboxylic acids is 1. The number of hydrogen-bond acceptors (Lipinski definition) is 2. The Bertz CT molecular complexity index is 311. The van der Waals surface area contributed by atoms with Crippen LogP contribution in [0.2, 0.25) is 0 Å². The van der Waals surface area contributed by atoms with Crippen molar-refractivity contribution in [1.82, 2.24) is 0 Å². The highest BCUT2D eigenvalue weighted by molar-refractivity contribution is 5.78. The van der Waals surface area contributed by atoms with Crippen LogP contribution in [0.25, 0.3) is 0 Å². The predicted octanol–water partition coefficient (Wildman–Crippen LogP) is 5.69. The van der Waals surface area contributed by atoms with Gasteiger partial charge in [-0.2, -0.15) is 8.78 Å². The molecule has 0 bridgehead atoms. The molecule has 0 aromatic heterocycles. The number of rotatable bonds is 14. The number of alkyl halides is 5. The first-order valence-corrected chi connectivity index (χ1v) is 8.31. The second kappa shape index (κ2) is 12.5. The Morgan fingerprint density at radius 1 is 0.870 bits per heavy atom. The van der Waals surface area contributed by atoms with Gasteiger partial charge in [0, 0.05) is 0 Å². The third kappa shape index (κ3) is 9.76. The molecule has 0 saturated heterocycles. The van der Waals surface area contributed by atoms with Crippen molar-refractivity contribution in [3.8, 4) is 0 Å². The summed E-state index contributed by atoms with van der Waals surface area (Å²) in [7, 11) is 0. The van der Waals surface area contributed by atoms with E-state index in [-0.39, 0.29) is 6.61 Å². The summed E-state index contributed by atoms with van der Waals surface area (Å²) in [5, 5.41) is 0. The van der Waals surface area contributed by atoms with Crippen LogP contribution in [0.3, 0.4) is 0 Å². The highest BCUT2D eigenvalue weighted by Crippen LogP contribution is 2.28. The molecule has 0 aromatic rings. The SMILES string of the molecule is CCCCCCCCCCCCOC(=O)C(F)(F)C(F)C(F)F. The molecule has 0 aromatic carbocycles. The van der Waals surface area contributed by atoms with E-state index in [1.54, 1.807) is 0 Å². The van der Waals surface area contributed by atoms with Gasteiger partial charge in [0.25, 0.3) is 6.43 Å². The van der Waals surface area contributed by atoms with E-state index in [1.807, 2.05) is 0 Å². The van der Waals surface area contributed by atoms with Crippen molar-refractivity contribution in [2.24, 2.45) is 0 Å². The zero-order valence-electron chi connectivity index (χ0n) is 13.6. The van der Waals surface area contributed by atoms with Crippen LogP contribution in [0.4, 0.5) is 22.0 Å². The van der Waals surface area contributed by atoms with Gasteiger partial charge in [0.05, 0.1) is 6.61 Å². The Hall–Kier alpha value is -0.880. The number of esters is 1. The zero-order chi connectivity index (χ0) is 17.7.